The van der Waals surface area contributed by atoms with Gasteiger partial charge in [-0.05, 0) is 30.3 Å². The van der Waals surface area contributed by atoms with Gasteiger partial charge in [0.05, 0.1) is 20.3 Å². The molecule has 0 aromatic heterocycles. The SMILES string of the molecule is COc1cccc(CN(C)C(C(=O)N2CCOCC2)c2ccccc2)c1. The van der Waals surface area contributed by atoms with Crippen LogP contribution in [0, 0.1) is 0 Å². The molecule has 1 amide bonds. The number of nitrogens with zero attached hydrogens (tertiary/aromatic N) is 2. The van der Waals surface area contributed by atoms with Crippen LogP contribution in [0.15, 0.2) is 54.6 Å². The molecule has 0 spiro atoms. The lowest BCUT2D eigenvalue weighted by Gasteiger charge is -2.34. The van der Waals surface area contributed by atoms with Crippen molar-refractivity contribution in [3.05, 3.63) is 65.7 Å². The van der Waals surface area contributed by atoms with Crippen molar-refractivity contribution in [1.29, 1.82) is 0 Å². The average Bonchev–Trinajstić information content (AvgIpc) is 2.69. The number of amides is 1. The van der Waals surface area contributed by atoms with E-state index in [0.717, 1.165) is 16.9 Å². The molecule has 0 bridgehead atoms. The predicted octanol–water partition coefficient (Wildman–Crippen LogP) is 2.73. The van der Waals surface area contributed by atoms with Gasteiger partial charge in [0.1, 0.15) is 11.8 Å². The van der Waals surface area contributed by atoms with Crippen LogP contribution in [0.5, 0.6) is 5.75 Å². The van der Waals surface area contributed by atoms with Crippen LogP contribution >= 0.6 is 0 Å². The van der Waals surface area contributed by atoms with Crippen molar-refractivity contribution in [2.24, 2.45) is 0 Å². The lowest BCUT2D eigenvalue weighted by Crippen LogP contribution is -2.46. The van der Waals surface area contributed by atoms with Gasteiger partial charge in [-0.1, -0.05) is 42.5 Å². The van der Waals surface area contributed by atoms with Crippen LogP contribution in [0.1, 0.15) is 17.2 Å². The van der Waals surface area contributed by atoms with Crippen molar-refractivity contribution < 1.29 is 14.3 Å². The molecule has 1 aliphatic rings. The minimum Gasteiger partial charge on any atom is -0.497 e. The molecule has 138 valence electrons. The number of ether oxygens (including phenoxy) is 2. The standard InChI is InChI=1S/C21H26N2O3/c1-22(16-17-7-6-10-19(15-17)25-2)20(18-8-4-3-5-9-18)21(24)23-11-13-26-14-12-23/h3-10,15,20H,11-14,16H2,1-2H3. The predicted molar refractivity (Wildman–Crippen MR) is 101 cm³/mol. The largest absolute Gasteiger partial charge is 0.497 e. The Morgan fingerprint density at radius 2 is 1.88 bits per heavy atom. The first-order chi connectivity index (χ1) is 12.7. The molecule has 5 heteroatoms. The van der Waals surface area contributed by atoms with Crippen LogP contribution < -0.4 is 4.74 Å². The molecule has 3 rings (SSSR count). The molecular formula is C21H26N2O3. The maximum absolute atomic E-state index is 13.3. The van der Waals surface area contributed by atoms with Gasteiger partial charge in [0.25, 0.3) is 0 Å². The van der Waals surface area contributed by atoms with Crippen LogP contribution in [0.25, 0.3) is 0 Å². The van der Waals surface area contributed by atoms with Gasteiger partial charge in [-0.25, -0.2) is 0 Å². The summed E-state index contributed by atoms with van der Waals surface area (Å²) in [6.45, 7) is 3.16. The van der Waals surface area contributed by atoms with E-state index in [-0.39, 0.29) is 11.9 Å². The summed E-state index contributed by atoms with van der Waals surface area (Å²) >= 11 is 0. The molecule has 2 aromatic rings. The third kappa shape index (κ3) is 4.42. The fraction of sp³-hybridized carbons (Fsp3) is 0.381. The van der Waals surface area contributed by atoms with Crippen LogP contribution in [-0.4, -0.2) is 56.2 Å². The Labute approximate surface area is 155 Å². The Balaban J connectivity index is 1.83. The molecule has 2 aromatic carbocycles. The monoisotopic (exact) mass is 354 g/mol. The fourth-order valence-electron chi connectivity index (χ4n) is 3.33. The van der Waals surface area contributed by atoms with E-state index in [2.05, 4.69) is 11.0 Å². The first-order valence-electron chi connectivity index (χ1n) is 8.93. The van der Waals surface area contributed by atoms with Crippen molar-refractivity contribution in [2.45, 2.75) is 12.6 Å². The Kier molecular flexibility index (Phi) is 6.26. The fourth-order valence-corrected chi connectivity index (χ4v) is 3.33. The third-order valence-corrected chi connectivity index (χ3v) is 4.68. The van der Waals surface area contributed by atoms with Crippen LogP contribution in [-0.2, 0) is 16.1 Å². The first kappa shape index (κ1) is 18.4. The highest BCUT2D eigenvalue weighted by Crippen LogP contribution is 2.25. The van der Waals surface area contributed by atoms with Crippen molar-refractivity contribution >= 4 is 5.91 Å². The van der Waals surface area contributed by atoms with Crippen molar-refractivity contribution in [1.82, 2.24) is 9.80 Å². The molecular weight excluding hydrogens is 328 g/mol. The summed E-state index contributed by atoms with van der Waals surface area (Å²) in [5.41, 5.74) is 2.12. The number of hydrogen-bond donors (Lipinski definition) is 0. The van der Waals surface area contributed by atoms with E-state index < -0.39 is 0 Å². The van der Waals surface area contributed by atoms with E-state index in [1.165, 1.54) is 0 Å². The number of morpholine rings is 1. The zero-order chi connectivity index (χ0) is 18.4. The maximum atomic E-state index is 13.3. The minimum atomic E-state index is -0.319. The summed E-state index contributed by atoms with van der Waals surface area (Å²) < 4.78 is 10.7. The van der Waals surface area contributed by atoms with Crippen LogP contribution in [0.2, 0.25) is 0 Å². The molecule has 0 radical (unpaired) electrons. The molecule has 0 N–H and O–H groups in total. The number of likely N-dealkylation sites (N-methyl/N-ethyl adjacent to an activating group) is 1. The zero-order valence-electron chi connectivity index (χ0n) is 15.4. The topological polar surface area (TPSA) is 42.0 Å². The normalized spacial score (nSPS) is 15.7. The lowest BCUT2D eigenvalue weighted by molar-refractivity contribution is -0.141. The average molecular weight is 354 g/mol. The Morgan fingerprint density at radius 3 is 2.58 bits per heavy atom. The molecule has 5 nitrogen and oxygen atoms in total. The van der Waals surface area contributed by atoms with E-state index in [9.17, 15) is 4.79 Å². The Bertz CT molecular complexity index is 714. The summed E-state index contributed by atoms with van der Waals surface area (Å²) in [7, 11) is 3.66. The number of methoxy groups -OCH3 is 1. The molecule has 1 unspecified atom stereocenters. The van der Waals surface area contributed by atoms with E-state index in [1.54, 1.807) is 7.11 Å². The van der Waals surface area contributed by atoms with Gasteiger partial charge in [-0.15, -0.1) is 0 Å². The van der Waals surface area contributed by atoms with Gasteiger partial charge in [0.15, 0.2) is 0 Å². The third-order valence-electron chi connectivity index (χ3n) is 4.68. The van der Waals surface area contributed by atoms with Gasteiger partial charge in [0, 0.05) is 19.6 Å². The second-order valence-electron chi connectivity index (χ2n) is 6.52. The summed E-state index contributed by atoms with van der Waals surface area (Å²) in [5, 5.41) is 0. The lowest BCUT2D eigenvalue weighted by atomic mass is 10.0. The van der Waals surface area contributed by atoms with E-state index in [0.29, 0.717) is 32.8 Å². The van der Waals surface area contributed by atoms with Gasteiger partial charge in [-0.3, -0.25) is 9.69 Å². The molecule has 0 saturated carbocycles. The zero-order valence-corrected chi connectivity index (χ0v) is 15.4. The highest BCUT2D eigenvalue weighted by atomic mass is 16.5. The summed E-state index contributed by atoms with van der Waals surface area (Å²) in [6, 6.07) is 17.6. The number of hydrogen-bond acceptors (Lipinski definition) is 4. The summed E-state index contributed by atoms with van der Waals surface area (Å²) in [6.07, 6.45) is 0. The number of benzene rings is 2. The smallest absolute Gasteiger partial charge is 0.244 e. The van der Waals surface area contributed by atoms with Crippen molar-refractivity contribution in [3.63, 3.8) is 0 Å². The van der Waals surface area contributed by atoms with Gasteiger partial charge < -0.3 is 14.4 Å². The molecule has 1 aliphatic heterocycles. The highest BCUT2D eigenvalue weighted by molar-refractivity contribution is 5.83. The minimum absolute atomic E-state index is 0.130. The van der Waals surface area contributed by atoms with Crippen molar-refractivity contribution in [3.8, 4) is 5.75 Å². The van der Waals surface area contributed by atoms with E-state index in [1.807, 2.05) is 60.5 Å². The van der Waals surface area contributed by atoms with Gasteiger partial charge in [0.2, 0.25) is 5.91 Å². The number of carbonyl (C=O) groups excluding carboxylic acids is 1. The van der Waals surface area contributed by atoms with E-state index in [4.69, 9.17) is 9.47 Å². The number of carbonyl (C=O) groups is 1. The first-order valence-corrected chi connectivity index (χ1v) is 8.93. The Morgan fingerprint density at radius 1 is 1.15 bits per heavy atom. The highest BCUT2D eigenvalue weighted by Gasteiger charge is 2.30. The van der Waals surface area contributed by atoms with Gasteiger partial charge in [-0.2, -0.15) is 0 Å². The van der Waals surface area contributed by atoms with Crippen LogP contribution in [0.4, 0.5) is 0 Å². The second-order valence-corrected chi connectivity index (χ2v) is 6.52. The number of rotatable bonds is 6. The molecule has 0 aliphatic carbocycles. The molecule has 26 heavy (non-hydrogen) atoms. The summed E-state index contributed by atoms with van der Waals surface area (Å²) in [5.74, 6) is 0.955. The molecule has 1 heterocycles. The summed E-state index contributed by atoms with van der Waals surface area (Å²) in [4.78, 5) is 17.3. The Hall–Kier alpha value is -2.37. The maximum Gasteiger partial charge on any atom is 0.244 e. The molecule has 1 fully saturated rings. The molecule has 1 atom stereocenters. The van der Waals surface area contributed by atoms with Crippen LogP contribution in [0.3, 0.4) is 0 Å². The van der Waals surface area contributed by atoms with Gasteiger partial charge >= 0.3 is 0 Å². The molecule has 1 saturated heterocycles. The van der Waals surface area contributed by atoms with Crippen molar-refractivity contribution in [2.75, 3.05) is 40.5 Å². The quantitative estimate of drug-likeness (QED) is 0.800. The second kappa shape index (κ2) is 8.83. The van der Waals surface area contributed by atoms with E-state index >= 15 is 0 Å².